The predicted octanol–water partition coefficient (Wildman–Crippen LogP) is 3.67. The maximum absolute atomic E-state index is 12.0. The minimum Gasteiger partial charge on any atom is -0.349 e. The van der Waals surface area contributed by atoms with Crippen LogP contribution in [0.25, 0.3) is 0 Å². The molecular formula is C18H18N2OS. The molecule has 1 unspecified atom stereocenters. The molecule has 1 N–H and O–H groups in total. The third kappa shape index (κ3) is 4.94. The van der Waals surface area contributed by atoms with Gasteiger partial charge in [-0.2, -0.15) is 5.26 Å². The van der Waals surface area contributed by atoms with E-state index in [1.165, 1.54) is 0 Å². The smallest absolute Gasteiger partial charge is 0.230 e. The average Bonchev–Trinajstić information content (AvgIpc) is 2.56. The first-order valence-electron chi connectivity index (χ1n) is 7.10. The summed E-state index contributed by atoms with van der Waals surface area (Å²) in [5, 5.41) is 11.9. The van der Waals surface area contributed by atoms with E-state index in [2.05, 4.69) is 11.4 Å². The van der Waals surface area contributed by atoms with Crippen molar-refractivity contribution in [2.24, 2.45) is 0 Å². The molecule has 0 bridgehead atoms. The van der Waals surface area contributed by atoms with E-state index in [4.69, 9.17) is 5.26 Å². The molecular weight excluding hydrogens is 292 g/mol. The second-order valence-corrected chi connectivity index (χ2v) is 5.99. The molecule has 0 aromatic heterocycles. The Kier molecular flexibility index (Phi) is 6.05. The van der Waals surface area contributed by atoms with E-state index < -0.39 is 0 Å². The van der Waals surface area contributed by atoms with Crippen LogP contribution >= 0.6 is 11.8 Å². The van der Waals surface area contributed by atoms with E-state index in [0.29, 0.717) is 11.3 Å². The van der Waals surface area contributed by atoms with Crippen molar-refractivity contribution in [3.05, 3.63) is 71.3 Å². The van der Waals surface area contributed by atoms with Crippen LogP contribution in [0.1, 0.15) is 29.7 Å². The van der Waals surface area contributed by atoms with Crippen molar-refractivity contribution in [2.45, 2.75) is 18.7 Å². The Labute approximate surface area is 135 Å². The van der Waals surface area contributed by atoms with Crippen molar-refractivity contribution in [3.63, 3.8) is 0 Å². The number of nitrogens with one attached hydrogen (secondary N) is 1. The summed E-state index contributed by atoms with van der Waals surface area (Å²) in [4.78, 5) is 12.0. The lowest BCUT2D eigenvalue weighted by molar-refractivity contribution is -0.119. The van der Waals surface area contributed by atoms with Gasteiger partial charge in [0.2, 0.25) is 5.91 Å². The van der Waals surface area contributed by atoms with Crippen LogP contribution < -0.4 is 5.32 Å². The highest BCUT2D eigenvalue weighted by Gasteiger charge is 2.09. The molecule has 0 aliphatic rings. The number of nitrogens with zero attached hydrogens (tertiary/aromatic N) is 1. The molecule has 1 amide bonds. The molecule has 22 heavy (non-hydrogen) atoms. The largest absolute Gasteiger partial charge is 0.349 e. The zero-order valence-electron chi connectivity index (χ0n) is 12.5. The van der Waals surface area contributed by atoms with E-state index >= 15 is 0 Å². The standard InChI is InChI=1S/C18H18N2OS/c1-14(17-8-3-2-4-9-17)20-18(21)13-22-12-16-7-5-6-15(10-16)11-19/h2-10,14H,12-13H2,1H3,(H,20,21). The third-order valence-electron chi connectivity index (χ3n) is 3.24. The molecule has 3 nitrogen and oxygen atoms in total. The molecule has 0 fully saturated rings. The molecule has 2 aromatic rings. The summed E-state index contributed by atoms with van der Waals surface area (Å²) in [6.07, 6.45) is 0. The summed E-state index contributed by atoms with van der Waals surface area (Å²) in [7, 11) is 0. The highest BCUT2D eigenvalue weighted by molar-refractivity contribution is 7.99. The number of nitriles is 1. The first-order valence-corrected chi connectivity index (χ1v) is 8.25. The van der Waals surface area contributed by atoms with E-state index in [1.54, 1.807) is 17.8 Å². The number of benzene rings is 2. The van der Waals surface area contributed by atoms with Crippen LogP contribution in [0, 0.1) is 11.3 Å². The van der Waals surface area contributed by atoms with Gasteiger partial charge in [0, 0.05) is 5.75 Å². The van der Waals surface area contributed by atoms with Gasteiger partial charge in [-0.15, -0.1) is 11.8 Å². The topological polar surface area (TPSA) is 52.9 Å². The number of amides is 1. The Morgan fingerprint density at radius 3 is 2.73 bits per heavy atom. The summed E-state index contributed by atoms with van der Waals surface area (Å²) >= 11 is 1.55. The van der Waals surface area contributed by atoms with Crippen molar-refractivity contribution in [3.8, 4) is 6.07 Å². The van der Waals surface area contributed by atoms with Crippen molar-refractivity contribution in [2.75, 3.05) is 5.75 Å². The molecule has 0 heterocycles. The van der Waals surface area contributed by atoms with E-state index in [9.17, 15) is 4.79 Å². The van der Waals surface area contributed by atoms with Gasteiger partial charge in [0.1, 0.15) is 0 Å². The maximum atomic E-state index is 12.0. The molecule has 0 saturated carbocycles. The lowest BCUT2D eigenvalue weighted by Crippen LogP contribution is -2.28. The number of hydrogen-bond donors (Lipinski definition) is 1. The van der Waals surface area contributed by atoms with Crippen molar-refractivity contribution in [1.29, 1.82) is 5.26 Å². The van der Waals surface area contributed by atoms with Crippen LogP contribution in [0.3, 0.4) is 0 Å². The van der Waals surface area contributed by atoms with Crippen LogP contribution in [-0.4, -0.2) is 11.7 Å². The monoisotopic (exact) mass is 310 g/mol. The van der Waals surface area contributed by atoms with Crippen LogP contribution in [0.2, 0.25) is 0 Å². The van der Waals surface area contributed by atoms with Gasteiger partial charge in [0.05, 0.1) is 23.4 Å². The summed E-state index contributed by atoms with van der Waals surface area (Å²) in [5.41, 5.74) is 2.82. The molecule has 0 saturated heterocycles. The van der Waals surface area contributed by atoms with E-state index in [1.807, 2.05) is 55.5 Å². The molecule has 4 heteroatoms. The van der Waals surface area contributed by atoms with Gasteiger partial charge in [-0.1, -0.05) is 42.5 Å². The van der Waals surface area contributed by atoms with Gasteiger partial charge in [0.25, 0.3) is 0 Å². The summed E-state index contributed by atoms with van der Waals surface area (Å²) < 4.78 is 0. The van der Waals surface area contributed by atoms with Gasteiger partial charge < -0.3 is 5.32 Å². The summed E-state index contributed by atoms with van der Waals surface area (Å²) in [6, 6.07) is 19.5. The minimum atomic E-state index is 0.0104. The Morgan fingerprint density at radius 2 is 2.00 bits per heavy atom. The highest BCUT2D eigenvalue weighted by Crippen LogP contribution is 2.15. The quantitative estimate of drug-likeness (QED) is 0.885. The number of carbonyl (C=O) groups excluding carboxylic acids is 1. The first kappa shape index (κ1) is 16.1. The number of thioether (sulfide) groups is 1. The zero-order chi connectivity index (χ0) is 15.8. The maximum Gasteiger partial charge on any atom is 0.230 e. The number of hydrogen-bond acceptors (Lipinski definition) is 3. The average molecular weight is 310 g/mol. The fraction of sp³-hybridized carbons (Fsp3) is 0.222. The normalized spacial score (nSPS) is 11.5. The first-order chi connectivity index (χ1) is 10.7. The van der Waals surface area contributed by atoms with Gasteiger partial charge in [-0.3, -0.25) is 4.79 Å². The van der Waals surface area contributed by atoms with Gasteiger partial charge in [-0.25, -0.2) is 0 Å². The molecule has 1 atom stereocenters. The second-order valence-electron chi connectivity index (χ2n) is 5.00. The molecule has 2 rings (SSSR count). The Hall–Kier alpha value is -2.25. The fourth-order valence-electron chi connectivity index (χ4n) is 2.10. The third-order valence-corrected chi connectivity index (χ3v) is 4.24. The fourth-order valence-corrected chi connectivity index (χ4v) is 2.89. The highest BCUT2D eigenvalue weighted by atomic mass is 32.2. The zero-order valence-corrected chi connectivity index (χ0v) is 13.3. The van der Waals surface area contributed by atoms with Crippen LogP contribution in [-0.2, 0) is 10.5 Å². The van der Waals surface area contributed by atoms with Gasteiger partial charge >= 0.3 is 0 Å². The van der Waals surface area contributed by atoms with Crippen molar-refractivity contribution in [1.82, 2.24) is 5.32 Å². The minimum absolute atomic E-state index is 0.0104. The summed E-state index contributed by atoms with van der Waals surface area (Å²) in [5.74, 6) is 1.16. The van der Waals surface area contributed by atoms with Gasteiger partial charge in [0.15, 0.2) is 0 Å². The SMILES string of the molecule is CC(NC(=O)CSCc1cccc(C#N)c1)c1ccccc1. The predicted molar refractivity (Wildman–Crippen MR) is 90.3 cm³/mol. The van der Waals surface area contributed by atoms with Crippen molar-refractivity contribution >= 4 is 17.7 Å². The molecule has 0 aliphatic heterocycles. The molecule has 2 aromatic carbocycles. The Balaban J connectivity index is 1.77. The van der Waals surface area contributed by atoms with Crippen LogP contribution in [0.4, 0.5) is 0 Å². The van der Waals surface area contributed by atoms with Crippen LogP contribution in [0.15, 0.2) is 54.6 Å². The number of carbonyl (C=O) groups is 1. The van der Waals surface area contributed by atoms with E-state index in [0.717, 1.165) is 16.9 Å². The molecule has 0 spiro atoms. The van der Waals surface area contributed by atoms with Crippen molar-refractivity contribution < 1.29 is 4.79 Å². The molecule has 0 radical (unpaired) electrons. The second kappa shape index (κ2) is 8.26. The lowest BCUT2D eigenvalue weighted by atomic mass is 10.1. The Bertz CT molecular complexity index is 664. The Morgan fingerprint density at radius 1 is 1.23 bits per heavy atom. The molecule has 112 valence electrons. The van der Waals surface area contributed by atoms with Crippen LogP contribution in [0.5, 0.6) is 0 Å². The summed E-state index contributed by atoms with van der Waals surface area (Å²) in [6.45, 7) is 1.98. The van der Waals surface area contributed by atoms with E-state index in [-0.39, 0.29) is 11.9 Å². The number of rotatable bonds is 6. The van der Waals surface area contributed by atoms with Gasteiger partial charge in [-0.05, 0) is 30.2 Å². The molecule has 0 aliphatic carbocycles. The lowest BCUT2D eigenvalue weighted by Gasteiger charge is -2.14.